The molecule has 1 aromatic carbocycles. The van der Waals surface area contributed by atoms with E-state index in [1.54, 1.807) is 0 Å². The lowest BCUT2D eigenvalue weighted by molar-refractivity contribution is 0.609. The van der Waals surface area contributed by atoms with Crippen LogP contribution in [0, 0.1) is 0 Å². The second-order valence-electron chi connectivity index (χ2n) is 5.58. The predicted molar refractivity (Wildman–Crippen MR) is 80.4 cm³/mol. The van der Waals surface area contributed by atoms with Crippen LogP contribution in [0.3, 0.4) is 0 Å². The highest BCUT2D eigenvalue weighted by Crippen LogP contribution is 2.28. The summed E-state index contributed by atoms with van der Waals surface area (Å²) in [4.78, 5) is 0. The molecule has 1 aromatic heterocycles. The van der Waals surface area contributed by atoms with E-state index in [4.69, 9.17) is 0 Å². The van der Waals surface area contributed by atoms with Gasteiger partial charge in [-0.25, -0.2) is 0 Å². The molecule has 1 aliphatic heterocycles. The van der Waals surface area contributed by atoms with Gasteiger partial charge in [-0.05, 0) is 56.1 Å². The number of hydrogen-bond acceptors (Lipinski definition) is 2. The summed E-state index contributed by atoms with van der Waals surface area (Å²) in [6, 6.07) is 5.29. The Balaban J connectivity index is 2.12. The number of aromatic nitrogens is 1. The minimum absolute atomic E-state index is 0.516. The van der Waals surface area contributed by atoms with E-state index in [-0.39, 0.29) is 0 Å². The first kappa shape index (κ1) is 12.7. The molecule has 2 heterocycles. The molecule has 19 heavy (non-hydrogen) atoms. The van der Waals surface area contributed by atoms with Crippen LogP contribution in [0.1, 0.15) is 30.5 Å². The van der Waals surface area contributed by atoms with Gasteiger partial charge in [0.05, 0.1) is 0 Å². The van der Waals surface area contributed by atoms with Gasteiger partial charge in [-0.2, -0.15) is 0 Å². The molecule has 0 bridgehead atoms. The molecule has 0 amide bonds. The van der Waals surface area contributed by atoms with Crippen LogP contribution >= 0.6 is 0 Å². The number of likely N-dealkylation sites (N-methyl/N-ethyl adjacent to an activating group) is 1. The molecule has 102 valence electrons. The Labute approximate surface area is 115 Å². The van der Waals surface area contributed by atoms with Crippen molar-refractivity contribution < 1.29 is 0 Å². The van der Waals surface area contributed by atoms with Crippen molar-refractivity contribution in [3.8, 4) is 0 Å². The van der Waals surface area contributed by atoms with Crippen molar-refractivity contribution in [1.29, 1.82) is 0 Å². The van der Waals surface area contributed by atoms with Crippen LogP contribution in [-0.2, 0) is 26.1 Å². The van der Waals surface area contributed by atoms with Gasteiger partial charge in [-0.1, -0.05) is 0 Å². The fraction of sp³-hybridized carbons (Fsp3) is 0.500. The van der Waals surface area contributed by atoms with E-state index in [0.717, 1.165) is 26.1 Å². The monoisotopic (exact) mass is 257 g/mol. The number of fused-ring (bicyclic) bond motifs is 2. The van der Waals surface area contributed by atoms with Crippen molar-refractivity contribution >= 4 is 10.9 Å². The summed E-state index contributed by atoms with van der Waals surface area (Å²) in [5.41, 5.74) is 5.80. The van der Waals surface area contributed by atoms with E-state index in [9.17, 15) is 0 Å². The van der Waals surface area contributed by atoms with Crippen molar-refractivity contribution in [1.82, 2.24) is 15.2 Å². The second-order valence-corrected chi connectivity index (χ2v) is 5.58. The van der Waals surface area contributed by atoms with Crippen LogP contribution in [0.5, 0.6) is 0 Å². The normalized spacial score (nSPS) is 15.9. The predicted octanol–water partition coefficient (Wildman–Crippen LogP) is 2.41. The highest BCUT2D eigenvalue weighted by Gasteiger charge is 2.16. The Morgan fingerprint density at radius 3 is 2.74 bits per heavy atom. The molecule has 1 atom stereocenters. The summed E-state index contributed by atoms with van der Waals surface area (Å²) in [5.74, 6) is 0. The van der Waals surface area contributed by atoms with Gasteiger partial charge in [0.1, 0.15) is 0 Å². The average molecular weight is 257 g/mol. The highest BCUT2D eigenvalue weighted by atomic mass is 15.0. The van der Waals surface area contributed by atoms with Crippen molar-refractivity contribution in [2.75, 3.05) is 7.05 Å². The first-order valence-corrected chi connectivity index (χ1v) is 7.24. The number of nitrogens with one attached hydrogen (secondary N) is 2. The van der Waals surface area contributed by atoms with Gasteiger partial charge in [-0.3, -0.25) is 0 Å². The third-order valence-corrected chi connectivity index (χ3v) is 4.28. The van der Waals surface area contributed by atoms with Gasteiger partial charge in [0, 0.05) is 42.8 Å². The molecule has 0 saturated carbocycles. The summed E-state index contributed by atoms with van der Waals surface area (Å²) < 4.78 is 2.38. The molecule has 2 N–H and O–H groups in total. The molecule has 2 aromatic rings. The molecule has 3 heteroatoms. The lowest BCUT2D eigenvalue weighted by atomic mass is 10.0. The summed E-state index contributed by atoms with van der Waals surface area (Å²) in [6.07, 6.45) is 3.42. The van der Waals surface area contributed by atoms with Gasteiger partial charge in [0.2, 0.25) is 0 Å². The first-order chi connectivity index (χ1) is 9.22. The molecule has 0 fully saturated rings. The lowest BCUT2D eigenvalue weighted by Gasteiger charge is -2.09. The molecule has 0 radical (unpaired) electrons. The van der Waals surface area contributed by atoms with Gasteiger partial charge >= 0.3 is 0 Å². The molecular formula is C16H23N3. The number of rotatable bonds is 4. The van der Waals surface area contributed by atoms with Crippen LogP contribution in [0.25, 0.3) is 10.9 Å². The SMILES string of the molecule is CCn1cc(CC(C)NC)c2cc3c(cc21)CNC3. The second kappa shape index (κ2) is 4.99. The maximum absolute atomic E-state index is 3.44. The zero-order chi connectivity index (χ0) is 13.4. The smallest absolute Gasteiger partial charge is 0.0486 e. The standard InChI is InChI=1S/C16H23N3/c1-4-19-10-14(5-11(2)17-3)15-6-12-8-18-9-13(12)7-16(15)19/h6-7,10-11,17-18H,4-5,8-9H2,1-3H3. The van der Waals surface area contributed by atoms with Crippen LogP contribution in [-0.4, -0.2) is 17.7 Å². The van der Waals surface area contributed by atoms with Crippen LogP contribution in [0.2, 0.25) is 0 Å². The Bertz CT molecular complexity index is 598. The van der Waals surface area contributed by atoms with Crippen molar-refractivity contribution in [3.63, 3.8) is 0 Å². The van der Waals surface area contributed by atoms with E-state index < -0.39 is 0 Å². The molecule has 1 unspecified atom stereocenters. The number of hydrogen-bond donors (Lipinski definition) is 2. The van der Waals surface area contributed by atoms with E-state index >= 15 is 0 Å². The van der Waals surface area contributed by atoms with Gasteiger partial charge in [-0.15, -0.1) is 0 Å². The molecule has 0 aliphatic carbocycles. The Hall–Kier alpha value is -1.32. The maximum Gasteiger partial charge on any atom is 0.0486 e. The summed E-state index contributed by atoms with van der Waals surface area (Å²) in [5, 5.41) is 8.21. The minimum atomic E-state index is 0.516. The van der Waals surface area contributed by atoms with E-state index in [1.165, 1.54) is 27.6 Å². The lowest BCUT2D eigenvalue weighted by Crippen LogP contribution is -2.23. The fourth-order valence-corrected chi connectivity index (χ4v) is 3.02. The average Bonchev–Trinajstić information content (AvgIpc) is 3.00. The van der Waals surface area contributed by atoms with Gasteiger partial charge in [0.15, 0.2) is 0 Å². The Morgan fingerprint density at radius 2 is 2.05 bits per heavy atom. The fourth-order valence-electron chi connectivity index (χ4n) is 3.02. The summed E-state index contributed by atoms with van der Waals surface area (Å²) in [7, 11) is 2.03. The van der Waals surface area contributed by atoms with Gasteiger partial charge in [0.25, 0.3) is 0 Å². The van der Waals surface area contributed by atoms with Crippen LogP contribution in [0.15, 0.2) is 18.3 Å². The topological polar surface area (TPSA) is 29.0 Å². The number of benzene rings is 1. The third kappa shape index (κ3) is 2.17. The molecule has 0 spiro atoms. The molecule has 3 nitrogen and oxygen atoms in total. The summed E-state index contributed by atoms with van der Waals surface area (Å²) in [6.45, 7) is 7.53. The molecule has 0 saturated heterocycles. The van der Waals surface area contributed by atoms with E-state index in [2.05, 4.69) is 47.4 Å². The highest BCUT2D eigenvalue weighted by molar-refractivity contribution is 5.86. The minimum Gasteiger partial charge on any atom is -0.347 e. The van der Waals surface area contributed by atoms with Crippen molar-refractivity contribution in [2.24, 2.45) is 0 Å². The largest absolute Gasteiger partial charge is 0.347 e. The number of nitrogens with zero attached hydrogens (tertiary/aromatic N) is 1. The maximum atomic E-state index is 3.44. The van der Waals surface area contributed by atoms with E-state index in [1.807, 2.05) is 7.05 Å². The quantitative estimate of drug-likeness (QED) is 0.880. The number of aryl methyl sites for hydroxylation is 1. The molecular weight excluding hydrogens is 234 g/mol. The zero-order valence-corrected chi connectivity index (χ0v) is 12.1. The Kier molecular flexibility index (Phi) is 3.33. The zero-order valence-electron chi connectivity index (χ0n) is 12.1. The van der Waals surface area contributed by atoms with Crippen molar-refractivity contribution in [2.45, 2.75) is 45.9 Å². The summed E-state index contributed by atoms with van der Waals surface area (Å²) >= 11 is 0. The molecule has 3 rings (SSSR count). The van der Waals surface area contributed by atoms with Crippen LogP contribution in [0.4, 0.5) is 0 Å². The third-order valence-electron chi connectivity index (χ3n) is 4.28. The van der Waals surface area contributed by atoms with E-state index in [0.29, 0.717) is 6.04 Å². The molecule has 1 aliphatic rings. The van der Waals surface area contributed by atoms with Crippen molar-refractivity contribution in [3.05, 3.63) is 35.0 Å². The Morgan fingerprint density at radius 1 is 1.32 bits per heavy atom. The van der Waals surface area contributed by atoms with Gasteiger partial charge < -0.3 is 15.2 Å². The first-order valence-electron chi connectivity index (χ1n) is 7.24. The van der Waals surface area contributed by atoms with Crippen LogP contribution < -0.4 is 10.6 Å².